The first-order valence-corrected chi connectivity index (χ1v) is 8.08. The molecule has 3 atom stereocenters. The number of aromatic nitrogens is 1. The third-order valence-corrected chi connectivity index (χ3v) is 4.97. The molecule has 1 saturated heterocycles. The van der Waals surface area contributed by atoms with E-state index in [-0.39, 0.29) is 12.2 Å². The lowest BCUT2D eigenvalue weighted by Crippen LogP contribution is -2.51. The van der Waals surface area contributed by atoms with Crippen LogP contribution in [-0.4, -0.2) is 48.4 Å². The van der Waals surface area contributed by atoms with Crippen molar-refractivity contribution in [2.24, 2.45) is 0 Å². The SMILES string of the molecule is CO[C@@H]1CC[C@@H]2[C@@H]1OCCN2Cc1ccc2ccccc2n1. The van der Waals surface area contributed by atoms with E-state index in [0.717, 1.165) is 43.7 Å². The van der Waals surface area contributed by atoms with Crippen LogP contribution >= 0.6 is 0 Å². The quantitative estimate of drug-likeness (QED) is 0.872. The summed E-state index contributed by atoms with van der Waals surface area (Å²) in [7, 11) is 1.79. The van der Waals surface area contributed by atoms with Crippen molar-refractivity contribution in [3.05, 3.63) is 42.1 Å². The van der Waals surface area contributed by atoms with Crippen molar-refractivity contribution < 1.29 is 9.47 Å². The molecule has 0 N–H and O–H groups in total. The Morgan fingerprint density at radius 2 is 2.14 bits per heavy atom. The summed E-state index contributed by atoms with van der Waals surface area (Å²) in [5.74, 6) is 0. The number of pyridine rings is 1. The fraction of sp³-hybridized carbons (Fsp3) is 0.500. The summed E-state index contributed by atoms with van der Waals surface area (Å²) in [6.07, 6.45) is 2.71. The van der Waals surface area contributed by atoms with Crippen LogP contribution in [0, 0.1) is 0 Å². The predicted octanol–water partition coefficient (Wildman–Crippen LogP) is 2.61. The third-order valence-electron chi connectivity index (χ3n) is 4.97. The summed E-state index contributed by atoms with van der Waals surface area (Å²) >= 11 is 0. The lowest BCUT2D eigenvalue weighted by Gasteiger charge is -2.38. The van der Waals surface area contributed by atoms with E-state index in [2.05, 4.69) is 35.2 Å². The van der Waals surface area contributed by atoms with E-state index in [1.54, 1.807) is 7.11 Å². The van der Waals surface area contributed by atoms with E-state index in [1.807, 2.05) is 6.07 Å². The van der Waals surface area contributed by atoms with Crippen molar-refractivity contribution in [2.45, 2.75) is 37.6 Å². The molecule has 0 amide bonds. The highest BCUT2D eigenvalue weighted by Gasteiger charge is 2.42. The maximum Gasteiger partial charge on any atom is 0.0991 e. The molecule has 4 nitrogen and oxygen atoms in total. The number of morpholine rings is 1. The number of ether oxygens (including phenoxy) is 2. The lowest BCUT2D eigenvalue weighted by molar-refractivity contribution is -0.106. The minimum absolute atomic E-state index is 0.221. The molecule has 0 bridgehead atoms. The highest BCUT2D eigenvalue weighted by atomic mass is 16.5. The first-order valence-electron chi connectivity index (χ1n) is 8.08. The number of para-hydroxylation sites is 1. The lowest BCUT2D eigenvalue weighted by atomic mass is 10.1. The van der Waals surface area contributed by atoms with Crippen molar-refractivity contribution in [2.75, 3.05) is 20.3 Å². The van der Waals surface area contributed by atoms with Gasteiger partial charge in [-0.15, -0.1) is 0 Å². The van der Waals surface area contributed by atoms with Gasteiger partial charge in [-0.05, 0) is 25.0 Å². The minimum Gasteiger partial charge on any atom is -0.379 e. The molecular weight excluding hydrogens is 276 g/mol. The molecule has 1 saturated carbocycles. The van der Waals surface area contributed by atoms with Crippen LogP contribution < -0.4 is 0 Å². The van der Waals surface area contributed by atoms with Crippen molar-refractivity contribution in [1.82, 2.24) is 9.88 Å². The molecule has 2 heterocycles. The molecule has 4 heteroatoms. The molecule has 0 radical (unpaired) electrons. The fourth-order valence-electron chi connectivity index (χ4n) is 3.84. The average Bonchev–Trinajstić information content (AvgIpc) is 2.99. The van der Waals surface area contributed by atoms with Gasteiger partial charge in [-0.3, -0.25) is 9.88 Å². The highest BCUT2D eigenvalue weighted by Crippen LogP contribution is 2.32. The topological polar surface area (TPSA) is 34.6 Å². The molecular formula is C18H22N2O2. The van der Waals surface area contributed by atoms with Gasteiger partial charge in [-0.2, -0.15) is 0 Å². The molecule has 116 valence electrons. The van der Waals surface area contributed by atoms with Gasteiger partial charge in [0.05, 0.1) is 30.0 Å². The fourth-order valence-corrected chi connectivity index (χ4v) is 3.84. The second-order valence-electron chi connectivity index (χ2n) is 6.22. The summed E-state index contributed by atoms with van der Waals surface area (Å²) in [6, 6.07) is 13.1. The Morgan fingerprint density at radius 1 is 1.23 bits per heavy atom. The number of nitrogens with zero attached hydrogens (tertiary/aromatic N) is 2. The predicted molar refractivity (Wildman–Crippen MR) is 85.7 cm³/mol. The Morgan fingerprint density at radius 3 is 3.05 bits per heavy atom. The van der Waals surface area contributed by atoms with Crippen LogP contribution in [0.15, 0.2) is 36.4 Å². The molecule has 22 heavy (non-hydrogen) atoms. The van der Waals surface area contributed by atoms with Gasteiger partial charge in [0.25, 0.3) is 0 Å². The Labute approximate surface area is 131 Å². The largest absolute Gasteiger partial charge is 0.379 e. The van der Waals surface area contributed by atoms with Crippen molar-refractivity contribution >= 4 is 10.9 Å². The molecule has 0 unspecified atom stereocenters. The summed E-state index contributed by atoms with van der Waals surface area (Å²) in [5.41, 5.74) is 2.21. The monoisotopic (exact) mass is 298 g/mol. The first kappa shape index (κ1) is 14.1. The second-order valence-corrected chi connectivity index (χ2v) is 6.22. The zero-order chi connectivity index (χ0) is 14.9. The summed E-state index contributed by atoms with van der Waals surface area (Å²) in [6.45, 7) is 2.66. The molecule has 0 spiro atoms. The van der Waals surface area contributed by atoms with Crippen LogP contribution in [0.25, 0.3) is 10.9 Å². The zero-order valence-electron chi connectivity index (χ0n) is 12.9. The van der Waals surface area contributed by atoms with Gasteiger partial charge < -0.3 is 9.47 Å². The maximum absolute atomic E-state index is 5.96. The molecule has 4 rings (SSSR count). The van der Waals surface area contributed by atoms with Crippen LogP contribution in [0.1, 0.15) is 18.5 Å². The number of hydrogen-bond acceptors (Lipinski definition) is 4. The van der Waals surface area contributed by atoms with Gasteiger partial charge in [0.15, 0.2) is 0 Å². The summed E-state index contributed by atoms with van der Waals surface area (Å²) < 4.78 is 11.5. The average molecular weight is 298 g/mol. The molecule has 2 fully saturated rings. The standard InChI is InChI=1S/C18H22N2O2/c1-21-17-9-8-16-18(17)22-11-10-20(16)12-14-7-6-13-4-2-3-5-15(13)19-14/h2-7,16-18H,8-12H2,1H3/t16-,17-,18+/m1/s1. The van der Waals surface area contributed by atoms with Crippen molar-refractivity contribution in [1.29, 1.82) is 0 Å². The molecule has 2 aromatic rings. The Balaban J connectivity index is 1.54. The number of fused-ring (bicyclic) bond motifs is 2. The van der Waals surface area contributed by atoms with Gasteiger partial charge in [0.1, 0.15) is 0 Å². The number of rotatable bonds is 3. The van der Waals surface area contributed by atoms with Crippen molar-refractivity contribution in [3.8, 4) is 0 Å². The van der Waals surface area contributed by atoms with Crippen LogP contribution in [0.4, 0.5) is 0 Å². The number of hydrogen-bond donors (Lipinski definition) is 0. The maximum atomic E-state index is 5.96. The highest BCUT2D eigenvalue weighted by molar-refractivity contribution is 5.78. The van der Waals surface area contributed by atoms with Gasteiger partial charge >= 0.3 is 0 Å². The van der Waals surface area contributed by atoms with Crippen LogP contribution in [0.3, 0.4) is 0 Å². The summed E-state index contributed by atoms with van der Waals surface area (Å²) in [4.78, 5) is 7.33. The van der Waals surface area contributed by atoms with E-state index in [4.69, 9.17) is 14.5 Å². The number of benzene rings is 1. The van der Waals surface area contributed by atoms with Crippen LogP contribution in [0.5, 0.6) is 0 Å². The van der Waals surface area contributed by atoms with Gasteiger partial charge in [-0.25, -0.2) is 0 Å². The molecule has 1 aromatic carbocycles. The molecule has 1 aromatic heterocycles. The minimum atomic E-state index is 0.221. The zero-order valence-corrected chi connectivity index (χ0v) is 12.9. The van der Waals surface area contributed by atoms with E-state index < -0.39 is 0 Å². The normalized spacial score (nSPS) is 28.9. The first-order chi connectivity index (χ1) is 10.8. The van der Waals surface area contributed by atoms with E-state index >= 15 is 0 Å². The van der Waals surface area contributed by atoms with E-state index in [0.29, 0.717) is 6.04 Å². The van der Waals surface area contributed by atoms with Gasteiger partial charge in [0, 0.05) is 31.6 Å². The van der Waals surface area contributed by atoms with E-state index in [1.165, 1.54) is 5.39 Å². The van der Waals surface area contributed by atoms with Gasteiger partial charge in [-0.1, -0.05) is 24.3 Å². The summed E-state index contributed by atoms with van der Waals surface area (Å²) in [5, 5.41) is 1.20. The van der Waals surface area contributed by atoms with Crippen LogP contribution in [-0.2, 0) is 16.0 Å². The van der Waals surface area contributed by atoms with E-state index in [9.17, 15) is 0 Å². The van der Waals surface area contributed by atoms with Crippen molar-refractivity contribution in [3.63, 3.8) is 0 Å². The Bertz CT molecular complexity index is 660. The number of methoxy groups -OCH3 is 1. The van der Waals surface area contributed by atoms with Gasteiger partial charge in [0.2, 0.25) is 0 Å². The molecule has 1 aliphatic carbocycles. The third kappa shape index (κ3) is 2.51. The Kier molecular flexibility index (Phi) is 3.82. The Hall–Kier alpha value is -1.49. The van der Waals surface area contributed by atoms with Crippen LogP contribution in [0.2, 0.25) is 0 Å². The second kappa shape index (κ2) is 5.95. The molecule has 1 aliphatic heterocycles. The smallest absolute Gasteiger partial charge is 0.0991 e. The molecule has 2 aliphatic rings.